The maximum Gasteiger partial charge on any atom is 0.492 e. The molecule has 0 aliphatic heterocycles. The first-order chi connectivity index (χ1) is 9.50. The van der Waals surface area contributed by atoms with Crippen molar-refractivity contribution in [3.8, 4) is 5.75 Å². The quantitative estimate of drug-likeness (QED) is 0.660. The van der Waals surface area contributed by atoms with Crippen LogP contribution in [0.1, 0.15) is 5.56 Å². The van der Waals surface area contributed by atoms with Crippen LogP contribution in [0, 0.1) is 11.6 Å². The highest BCUT2D eigenvalue weighted by molar-refractivity contribution is 9.10. The van der Waals surface area contributed by atoms with Crippen molar-refractivity contribution in [2.75, 3.05) is 0 Å². The summed E-state index contributed by atoms with van der Waals surface area (Å²) in [5.41, 5.74) is 0.240. The number of hydrogen-bond acceptors (Lipinski definition) is 3. The maximum atomic E-state index is 13.8. The Balaban J connectivity index is 2.25. The summed E-state index contributed by atoms with van der Waals surface area (Å²) in [6.45, 7) is 0.0741. The summed E-state index contributed by atoms with van der Waals surface area (Å²) in [5, 5.41) is 18.0. The lowest BCUT2D eigenvalue weighted by atomic mass is 9.80. The van der Waals surface area contributed by atoms with Crippen molar-refractivity contribution < 1.29 is 23.6 Å². The van der Waals surface area contributed by atoms with E-state index in [0.29, 0.717) is 0 Å². The summed E-state index contributed by atoms with van der Waals surface area (Å²) in [6.07, 6.45) is 0. The molecule has 0 unspecified atom stereocenters. The lowest BCUT2D eigenvalue weighted by Crippen LogP contribution is -2.35. The largest absolute Gasteiger partial charge is 0.492 e. The first kappa shape index (κ1) is 15.0. The first-order valence-corrected chi connectivity index (χ1v) is 6.50. The van der Waals surface area contributed by atoms with Gasteiger partial charge in [-0.25, -0.2) is 4.39 Å². The van der Waals surface area contributed by atoms with Crippen LogP contribution in [0.15, 0.2) is 40.9 Å². The van der Waals surface area contributed by atoms with Gasteiger partial charge in [0.1, 0.15) is 6.61 Å². The highest BCUT2D eigenvalue weighted by atomic mass is 79.9. The van der Waals surface area contributed by atoms with Crippen molar-refractivity contribution in [3.05, 3.63) is 58.1 Å². The van der Waals surface area contributed by atoms with E-state index in [1.807, 2.05) is 6.07 Å². The van der Waals surface area contributed by atoms with Crippen LogP contribution < -0.4 is 10.2 Å². The number of benzene rings is 2. The molecule has 0 spiro atoms. The van der Waals surface area contributed by atoms with Gasteiger partial charge in [0.2, 0.25) is 0 Å². The molecule has 0 fully saturated rings. The lowest BCUT2D eigenvalue weighted by Gasteiger charge is -2.12. The average molecular weight is 343 g/mol. The summed E-state index contributed by atoms with van der Waals surface area (Å²) in [7, 11) is -2.11. The van der Waals surface area contributed by atoms with Gasteiger partial charge in [0.25, 0.3) is 0 Å². The van der Waals surface area contributed by atoms with Crippen molar-refractivity contribution in [1.82, 2.24) is 0 Å². The highest BCUT2D eigenvalue weighted by Gasteiger charge is 2.26. The van der Waals surface area contributed by atoms with Crippen LogP contribution in [-0.4, -0.2) is 17.2 Å². The lowest BCUT2D eigenvalue weighted by molar-refractivity contribution is 0.284. The third-order valence-electron chi connectivity index (χ3n) is 2.66. The van der Waals surface area contributed by atoms with Gasteiger partial charge in [-0.1, -0.05) is 46.3 Å². The van der Waals surface area contributed by atoms with Crippen molar-refractivity contribution in [3.63, 3.8) is 0 Å². The zero-order valence-electron chi connectivity index (χ0n) is 10.2. The van der Waals surface area contributed by atoms with Crippen LogP contribution >= 0.6 is 15.9 Å². The summed E-state index contributed by atoms with van der Waals surface area (Å²) < 4.78 is 32.7. The van der Waals surface area contributed by atoms with Crippen molar-refractivity contribution in [1.29, 1.82) is 0 Å². The SMILES string of the molecule is OB(O)c1c(Br)cc(OCc2ccccc2)c(F)c1F. The fraction of sp³-hybridized carbons (Fsp3) is 0.0769. The third kappa shape index (κ3) is 3.17. The predicted octanol–water partition coefficient (Wildman–Crippen LogP) is 1.99. The molecule has 0 saturated carbocycles. The molecule has 2 aromatic carbocycles. The van der Waals surface area contributed by atoms with Gasteiger partial charge in [-0.2, -0.15) is 4.39 Å². The minimum Gasteiger partial charge on any atom is -0.486 e. The number of ether oxygens (including phenoxy) is 1. The standard InChI is InChI=1S/C13H10BBrF2O3/c15-9-6-10(12(16)13(17)11(9)14(18)19)20-7-8-4-2-1-3-5-8/h1-6,18-19H,7H2. The monoisotopic (exact) mass is 342 g/mol. The maximum absolute atomic E-state index is 13.8. The summed E-state index contributed by atoms with van der Waals surface area (Å²) in [5.74, 6) is -2.91. The molecular formula is C13H10BBrF2O3. The van der Waals surface area contributed by atoms with Gasteiger partial charge in [0, 0.05) is 9.94 Å². The second kappa shape index (κ2) is 6.34. The Hall–Kier alpha value is -1.44. The van der Waals surface area contributed by atoms with E-state index in [9.17, 15) is 8.78 Å². The minimum absolute atomic E-state index is 0.0226. The van der Waals surface area contributed by atoms with Crippen LogP contribution in [0.25, 0.3) is 0 Å². The smallest absolute Gasteiger partial charge is 0.486 e. The predicted molar refractivity (Wildman–Crippen MR) is 74.7 cm³/mol. The van der Waals surface area contributed by atoms with Gasteiger partial charge >= 0.3 is 7.12 Å². The first-order valence-electron chi connectivity index (χ1n) is 5.71. The van der Waals surface area contributed by atoms with E-state index in [-0.39, 0.29) is 16.8 Å². The Kier molecular flexibility index (Phi) is 4.75. The van der Waals surface area contributed by atoms with E-state index >= 15 is 0 Å². The summed E-state index contributed by atoms with van der Waals surface area (Å²) in [4.78, 5) is 0. The molecule has 2 N–H and O–H groups in total. The minimum atomic E-state index is -2.11. The van der Waals surface area contributed by atoms with Gasteiger partial charge in [0.15, 0.2) is 17.4 Å². The summed E-state index contributed by atoms with van der Waals surface area (Å²) >= 11 is 2.95. The van der Waals surface area contributed by atoms with E-state index in [1.54, 1.807) is 24.3 Å². The van der Waals surface area contributed by atoms with Crippen LogP contribution in [0.5, 0.6) is 5.75 Å². The molecule has 0 saturated heterocycles. The second-order valence-corrected chi connectivity index (χ2v) is 4.90. The molecule has 0 amide bonds. The molecule has 7 heteroatoms. The van der Waals surface area contributed by atoms with Gasteiger partial charge in [0.05, 0.1) is 0 Å². The van der Waals surface area contributed by atoms with Crippen LogP contribution in [0.4, 0.5) is 8.78 Å². The molecule has 20 heavy (non-hydrogen) atoms. The molecule has 2 rings (SSSR count). The van der Waals surface area contributed by atoms with E-state index in [2.05, 4.69) is 15.9 Å². The van der Waals surface area contributed by atoms with Gasteiger partial charge < -0.3 is 14.8 Å². The Labute approximate surface area is 123 Å². The molecule has 0 bridgehead atoms. The third-order valence-corrected chi connectivity index (χ3v) is 3.31. The molecular weight excluding hydrogens is 333 g/mol. The van der Waals surface area contributed by atoms with Crippen molar-refractivity contribution in [2.24, 2.45) is 0 Å². The summed E-state index contributed by atoms with van der Waals surface area (Å²) in [6, 6.07) is 10.2. The number of halogens is 3. The van der Waals surface area contributed by atoms with E-state index in [0.717, 1.165) is 11.6 Å². The molecule has 104 valence electrons. The Morgan fingerprint density at radius 1 is 1.10 bits per heavy atom. The molecule has 0 radical (unpaired) electrons. The normalized spacial score (nSPS) is 10.4. The molecule has 3 nitrogen and oxygen atoms in total. The fourth-order valence-corrected chi connectivity index (χ4v) is 2.25. The molecule has 0 aliphatic rings. The number of hydrogen-bond donors (Lipinski definition) is 2. The van der Waals surface area contributed by atoms with Crippen LogP contribution in [0.2, 0.25) is 0 Å². The van der Waals surface area contributed by atoms with Gasteiger partial charge in [-0.15, -0.1) is 0 Å². The number of rotatable bonds is 4. The zero-order chi connectivity index (χ0) is 14.7. The molecule has 0 aromatic heterocycles. The highest BCUT2D eigenvalue weighted by Crippen LogP contribution is 2.25. The second-order valence-electron chi connectivity index (χ2n) is 4.05. The molecule has 0 heterocycles. The molecule has 2 aromatic rings. The van der Waals surface area contributed by atoms with Crippen molar-refractivity contribution >= 4 is 28.5 Å². The zero-order valence-corrected chi connectivity index (χ0v) is 11.8. The topological polar surface area (TPSA) is 49.7 Å². The fourth-order valence-electron chi connectivity index (χ4n) is 1.66. The van der Waals surface area contributed by atoms with E-state index in [1.165, 1.54) is 0 Å². The molecule has 0 aliphatic carbocycles. The average Bonchev–Trinajstić information content (AvgIpc) is 2.42. The van der Waals surface area contributed by atoms with Crippen LogP contribution in [-0.2, 0) is 6.61 Å². The van der Waals surface area contributed by atoms with Crippen molar-refractivity contribution in [2.45, 2.75) is 6.61 Å². The van der Waals surface area contributed by atoms with Gasteiger partial charge in [-0.05, 0) is 11.6 Å². The van der Waals surface area contributed by atoms with E-state index in [4.69, 9.17) is 14.8 Å². The Bertz CT molecular complexity index is 608. The Morgan fingerprint density at radius 2 is 1.75 bits per heavy atom. The van der Waals surface area contributed by atoms with Gasteiger partial charge in [-0.3, -0.25) is 0 Å². The molecule has 0 atom stereocenters. The Morgan fingerprint density at radius 3 is 2.35 bits per heavy atom. The van der Waals surface area contributed by atoms with E-state index < -0.39 is 24.2 Å². The van der Waals surface area contributed by atoms with Crippen LogP contribution in [0.3, 0.4) is 0 Å².